The summed E-state index contributed by atoms with van der Waals surface area (Å²) in [6.07, 6.45) is -2.79. The topological polar surface area (TPSA) is 67.8 Å². The maximum absolute atomic E-state index is 13.4. The average Bonchev–Trinajstić information content (AvgIpc) is 3.33. The van der Waals surface area contributed by atoms with Crippen LogP contribution in [0.2, 0.25) is 0 Å². The summed E-state index contributed by atoms with van der Waals surface area (Å²) in [6, 6.07) is 15.7. The van der Waals surface area contributed by atoms with Gasteiger partial charge in [0.05, 0.1) is 24.9 Å². The number of alkyl halides is 3. The van der Waals surface area contributed by atoms with Crippen molar-refractivity contribution in [2.75, 3.05) is 25.5 Å². The van der Waals surface area contributed by atoms with Gasteiger partial charge in [0.1, 0.15) is 22.9 Å². The molecule has 0 aliphatic carbocycles. The van der Waals surface area contributed by atoms with Crippen LogP contribution in [-0.2, 0) is 12.7 Å². The monoisotopic (exact) mass is 498 g/mol. The fourth-order valence-electron chi connectivity index (χ4n) is 4.62. The maximum atomic E-state index is 13.4. The Morgan fingerprint density at radius 3 is 2.56 bits per heavy atom. The smallest absolute Gasteiger partial charge is 0.417 e. The summed E-state index contributed by atoms with van der Waals surface area (Å²) in [5.41, 5.74) is 0.100. The van der Waals surface area contributed by atoms with Gasteiger partial charge in [-0.15, -0.1) is 0 Å². The summed E-state index contributed by atoms with van der Waals surface area (Å²) in [5.74, 6) is 1.50. The molecule has 1 N–H and O–H groups in total. The van der Waals surface area contributed by atoms with E-state index in [9.17, 15) is 18.0 Å². The van der Waals surface area contributed by atoms with Crippen LogP contribution in [0.3, 0.4) is 0 Å². The van der Waals surface area contributed by atoms with Gasteiger partial charge in [-0.2, -0.15) is 13.2 Å². The second-order valence-corrected chi connectivity index (χ2v) is 8.85. The molecule has 0 bridgehead atoms. The summed E-state index contributed by atoms with van der Waals surface area (Å²) in [7, 11) is 1.58. The van der Waals surface area contributed by atoms with Crippen LogP contribution in [0, 0.1) is 0 Å². The van der Waals surface area contributed by atoms with Crippen molar-refractivity contribution in [1.29, 1.82) is 0 Å². The SMILES string of the molecule is COc1ccc2oc(=O)cc(NC3CCN(Cc4ccc(-c5ccccc5C(F)(F)F)o4)CC3)c2c1. The molecule has 0 spiro atoms. The molecule has 1 saturated heterocycles. The van der Waals surface area contributed by atoms with Gasteiger partial charge in [0.2, 0.25) is 0 Å². The number of furan rings is 1. The number of rotatable bonds is 6. The van der Waals surface area contributed by atoms with Crippen LogP contribution in [0.15, 0.2) is 74.3 Å². The molecule has 1 aliphatic rings. The van der Waals surface area contributed by atoms with Crippen molar-refractivity contribution in [1.82, 2.24) is 4.90 Å². The lowest BCUT2D eigenvalue weighted by molar-refractivity contribution is -0.137. The molecule has 9 heteroatoms. The van der Waals surface area contributed by atoms with Crippen LogP contribution >= 0.6 is 0 Å². The first-order valence-corrected chi connectivity index (χ1v) is 11.7. The minimum Gasteiger partial charge on any atom is -0.497 e. The van der Waals surface area contributed by atoms with Crippen LogP contribution in [0.5, 0.6) is 5.75 Å². The van der Waals surface area contributed by atoms with E-state index in [1.165, 1.54) is 18.2 Å². The summed E-state index contributed by atoms with van der Waals surface area (Å²) in [4.78, 5) is 14.2. The van der Waals surface area contributed by atoms with Crippen LogP contribution in [0.4, 0.5) is 18.9 Å². The fraction of sp³-hybridized carbons (Fsp3) is 0.296. The number of ether oxygens (including phenoxy) is 1. The van der Waals surface area contributed by atoms with E-state index in [0.717, 1.165) is 37.4 Å². The first-order chi connectivity index (χ1) is 17.3. The standard InChI is InChI=1S/C27H25F3N2O4/c1-34-18-6-8-25-21(14-18)23(15-26(33)36-25)31-17-10-12-32(13-11-17)16-19-7-9-24(35-19)20-4-2-3-5-22(20)27(28,29)30/h2-9,14-15,17,31H,10-13,16H2,1H3. The number of nitrogens with one attached hydrogen (secondary N) is 1. The molecule has 0 amide bonds. The molecule has 2 aromatic carbocycles. The lowest BCUT2D eigenvalue weighted by Crippen LogP contribution is -2.38. The van der Waals surface area contributed by atoms with Gasteiger partial charge in [-0.3, -0.25) is 4.90 Å². The van der Waals surface area contributed by atoms with Crippen LogP contribution in [0.25, 0.3) is 22.3 Å². The number of likely N-dealkylation sites (tertiary alicyclic amines) is 1. The number of fused-ring (bicyclic) bond motifs is 1. The summed E-state index contributed by atoms with van der Waals surface area (Å²) >= 11 is 0. The van der Waals surface area contributed by atoms with E-state index in [1.54, 1.807) is 37.4 Å². The number of hydrogen-bond acceptors (Lipinski definition) is 6. The van der Waals surface area contributed by atoms with Gasteiger partial charge in [-0.1, -0.05) is 18.2 Å². The zero-order valence-electron chi connectivity index (χ0n) is 19.6. The highest BCUT2D eigenvalue weighted by Crippen LogP contribution is 2.37. The largest absolute Gasteiger partial charge is 0.497 e. The van der Waals surface area contributed by atoms with Crippen molar-refractivity contribution in [2.24, 2.45) is 0 Å². The number of benzene rings is 2. The highest BCUT2D eigenvalue weighted by Gasteiger charge is 2.34. The average molecular weight is 499 g/mol. The van der Waals surface area contributed by atoms with Crippen molar-refractivity contribution in [3.8, 4) is 17.1 Å². The Hall–Kier alpha value is -3.72. The predicted octanol–water partition coefficient (Wildman–Crippen LogP) is 6.16. The van der Waals surface area contributed by atoms with E-state index in [2.05, 4.69) is 10.2 Å². The third-order valence-electron chi connectivity index (χ3n) is 6.44. The number of hydrogen-bond donors (Lipinski definition) is 1. The van der Waals surface area contributed by atoms with Gasteiger partial charge >= 0.3 is 11.8 Å². The first kappa shape index (κ1) is 24.0. The number of methoxy groups -OCH3 is 1. The van der Waals surface area contributed by atoms with Crippen molar-refractivity contribution in [3.05, 3.63) is 82.4 Å². The van der Waals surface area contributed by atoms with Crippen LogP contribution in [-0.4, -0.2) is 31.1 Å². The highest BCUT2D eigenvalue weighted by atomic mass is 19.4. The van der Waals surface area contributed by atoms with E-state index in [0.29, 0.717) is 29.3 Å². The summed E-state index contributed by atoms with van der Waals surface area (Å²) in [6.45, 7) is 2.06. The quantitative estimate of drug-likeness (QED) is 0.321. The van der Waals surface area contributed by atoms with Gasteiger partial charge < -0.3 is 18.9 Å². The van der Waals surface area contributed by atoms with Crippen molar-refractivity contribution >= 4 is 16.7 Å². The lowest BCUT2D eigenvalue weighted by Gasteiger charge is -2.32. The maximum Gasteiger partial charge on any atom is 0.417 e. The molecule has 0 unspecified atom stereocenters. The molecule has 1 aliphatic heterocycles. The molecule has 1 fully saturated rings. The summed E-state index contributed by atoms with van der Waals surface area (Å²) in [5, 5.41) is 4.25. The Kier molecular flexibility index (Phi) is 6.49. The fourth-order valence-corrected chi connectivity index (χ4v) is 4.62. The Balaban J connectivity index is 1.23. The molecule has 188 valence electrons. The number of nitrogens with zero attached hydrogens (tertiary/aromatic N) is 1. The van der Waals surface area contributed by atoms with Crippen molar-refractivity contribution in [2.45, 2.75) is 31.6 Å². The molecular formula is C27H25F3N2O4. The number of anilines is 1. The molecule has 0 atom stereocenters. The molecule has 5 rings (SSSR count). The van der Waals surface area contributed by atoms with E-state index in [1.807, 2.05) is 6.07 Å². The lowest BCUT2D eigenvalue weighted by atomic mass is 10.0. The van der Waals surface area contributed by atoms with E-state index in [-0.39, 0.29) is 17.4 Å². The van der Waals surface area contributed by atoms with Gasteiger partial charge in [-0.25, -0.2) is 4.79 Å². The third-order valence-corrected chi connectivity index (χ3v) is 6.44. The third kappa shape index (κ3) is 5.11. The Morgan fingerprint density at radius 1 is 1.03 bits per heavy atom. The zero-order valence-corrected chi connectivity index (χ0v) is 19.6. The summed E-state index contributed by atoms with van der Waals surface area (Å²) < 4.78 is 56.5. The van der Waals surface area contributed by atoms with Crippen molar-refractivity contribution in [3.63, 3.8) is 0 Å². The molecule has 2 aromatic heterocycles. The highest BCUT2D eigenvalue weighted by molar-refractivity contribution is 5.90. The molecule has 3 heterocycles. The van der Waals surface area contributed by atoms with Gasteiger partial charge in [0, 0.05) is 36.1 Å². The number of halogens is 3. The molecular weight excluding hydrogens is 473 g/mol. The molecule has 36 heavy (non-hydrogen) atoms. The number of piperidine rings is 1. The second kappa shape index (κ2) is 9.73. The van der Waals surface area contributed by atoms with E-state index < -0.39 is 17.4 Å². The van der Waals surface area contributed by atoms with Crippen molar-refractivity contribution < 1.29 is 26.7 Å². The van der Waals surface area contributed by atoms with Gasteiger partial charge in [-0.05, 0) is 49.2 Å². The zero-order chi connectivity index (χ0) is 25.3. The Bertz CT molecular complexity index is 1420. The van der Waals surface area contributed by atoms with Gasteiger partial charge in [0.15, 0.2) is 0 Å². The van der Waals surface area contributed by atoms with E-state index >= 15 is 0 Å². The molecule has 6 nitrogen and oxygen atoms in total. The Labute approximate surface area is 205 Å². The first-order valence-electron chi connectivity index (χ1n) is 11.7. The molecule has 4 aromatic rings. The van der Waals surface area contributed by atoms with E-state index in [4.69, 9.17) is 13.6 Å². The molecule has 0 radical (unpaired) electrons. The van der Waals surface area contributed by atoms with Gasteiger partial charge in [0.25, 0.3) is 0 Å². The predicted molar refractivity (Wildman–Crippen MR) is 130 cm³/mol. The second-order valence-electron chi connectivity index (χ2n) is 8.85. The minimum absolute atomic E-state index is 0.0374. The minimum atomic E-state index is -4.45. The van der Waals surface area contributed by atoms with Crippen LogP contribution in [0.1, 0.15) is 24.2 Å². The van der Waals surface area contributed by atoms with Crippen LogP contribution < -0.4 is 15.7 Å². The normalized spacial score (nSPS) is 15.3. The molecule has 0 saturated carbocycles. The Morgan fingerprint density at radius 2 is 1.81 bits per heavy atom.